The zero-order valence-electron chi connectivity index (χ0n) is 13.7. The van der Waals surface area contributed by atoms with E-state index in [1.807, 2.05) is 12.1 Å². The summed E-state index contributed by atoms with van der Waals surface area (Å²) in [7, 11) is 0. The van der Waals surface area contributed by atoms with Gasteiger partial charge in [0.1, 0.15) is 11.5 Å². The topological polar surface area (TPSA) is 102 Å². The fourth-order valence-corrected chi connectivity index (χ4v) is 1.63. The maximum atomic E-state index is 9.54. The second kappa shape index (κ2) is 12.7. The number of aromatic hydroxyl groups is 2. The molecule has 0 amide bonds. The van der Waals surface area contributed by atoms with Gasteiger partial charge in [-0.1, -0.05) is 24.3 Å². The number of rotatable bonds is 5. The van der Waals surface area contributed by atoms with Crippen LogP contribution < -0.4 is 0 Å². The second-order valence-electron chi connectivity index (χ2n) is 4.71. The Morgan fingerprint density at radius 2 is 1.20 bits per heavy atom. The van der Waals surface area contributed by atoms with E-state index >= 15 is 0 Å². The third-order valence-electron chi connectivity index (χ3n) is 2.69. The van der Waals surface area contributed by atoms with Crippen LogP contribution in [0.25, 0.3) is 0 Å². The minimum absolute atomic E-state index is 0. The van der Waals surface area contributed by atoms with Crippen molar-refractivity contribution >= 4 is 18.4 Å². The smallest absolute Gasteiger partial charge is 0.300 e. The molecule has 0 spiro atoms. The number of carbonyl (C=O) groups is 1. The minimum Gasteiger partial charge on any atom is -0.507 e. The van der Waals surface area contributed by atoms with Crippen molar-refractivity contribution in [2.45, 2.75) is 6.92 Å². The summed E-state index contributed by atoms with van der Waals surface area (Å²) in [5, 5.41) is 26.5. The van der Waals surface area contributed by atoms with Crippen LogP contribution in [0.3, 0.4) is 0 Å². The van der Waals surface area contributed by atoms with E-state index < -0.39 is 5.97 Å². The van der Waals surface area contributed by atoms with E-state index in [1.165, 1.54) is 0 Å². The third-order valence-corrected chi connectivity index (χ3v) is 2.69. The Bertz CT molecular complexity index is 658. The second-order valence-corrected chi connectivity index (χ2v) is 4.71. The Morgan fingerprint density at radius 3 is 1.52 bits per heavy atom. The standard InChI is InChI=1S/C16H16N2O2.C2H4O2.Co/c19-15-7-3-1-5-13(15)11-17-9-10-18-12-14-6-2-4-8-16(14)20;1-2(3)4;/h1-8,11-12,19-20H,9-10H2;1H3,(H,3,4);. The molecule has 1 radical (unpaired) electrons. The fourth-order valence-electron chi connectivity index (χ4n) is 1.63. The first-order valence-electron chi connectivity index (χ1n) is 7.26. The van der Waals surface area contributed by atoms with Crippen LogP contribution in [-0.2, 0) is 21.6 Å². The molecule has 0 heterocycles. The van der Waals surface area contributed by atoms with Gasteiger partial charge in [-0.05, 0) is 24.3 Å². The van der Waals surface area contributed by atoms with Crippen molar-refractivity contribution < 1.29 is 36.9 Å². The molecule has 0 aliphatic heterocycles. The number of nitrogens with zero attached hydrogens (tertiary/aromatic N) is 2. The van der Waals surface area contributed by atoms with Gasteiger partial charge in [-0.3, -0.25) is 14.8 Å². The number of hydrogen-bond acceptors (Lipinski definition) is 5. The van der Waals surface area contributed by atoms with Crippen LogP contribution in [0.5, 0.6) is 11.5 Å². The average Bonchev–Trinajstić information content (AvgIpc) is 2.53. The number of phenolic OH excluding ortho intramolecular Hbond substituents is 2. The third kappa shape index (κ3) is 9.95. The predicted octanol–water partition coefficient (Wildman–Crippen LogP) is 2.72. The van der Waals surface area contributed by atoms with E-state index in [1.54, 1.807) is 48.8 Å². The van der Waals surface area contributed by atoms with E-state index in [-0.39, 0.29) is 28.3 Å². The van der Waals surface area contributed by atoms with Crippen LogP contribution in [0.2, 0.25) is 0 Å². The molecule has 0 fully saturated rings. The molecular formula is C18H20CoN2O4. The molecule has 3 N–H and O–H groups in total. The summed E-state index contributed by atoms with van der Waals surface area (Å²) in [6.45, 7) is 2.14. The molecule has 0 atom stereocenters. The molecule has 2 aromatic rings. The summed E-state index contributed by atoms with van der Waals surface area (Å²) in [5.74, 6) is -0.400. The Balaban J connectivity index is 0.00000104. The number of aliphatic carboxylic acids is 1. The number of para-hydroxylation sites is 2. The van der Waals surface area contributed by atoms with Gasteiger partial charge in [0, 0.05) is 47.3 Å². The number of carboxylic acid groups (broad SMARTS) is 1. The first-order valence-corrected chi connectivity index (χ1v) is 7.26. The van der Waals surface area contributed by atoms with Gasteiger partial charge in [0.25, 0.3) is 5.97 Å². The Hall–Kier alpha value is -2.64. The van der Waals surface area contributed by atoms with Crippen LogP contribution in [0.4, 0.5) is 0 Å². The van der Waals surface area contributed by atoms with E-state index in [2.05, 4.69) is 9.98 Å². The van der Waals surface area contributed by atoms with Crippen molar-refractivity contribution in [2.75, 3.05) is 13.1 Å². The molecule has 2 aromatic carbocycles. The fraction of sp³-hybridized carbons (Fsp3) is 0.167. The summed E-state index contributed by atoms with van der Waals surface area (Å²) < 4.78 is 0. The van der Waals surface area contributed by atoms with Crippen LogP contribution in [0, 0.1) is 0 Å². The van der Waals surface area contributed by atoms with Crippen LogP contribution in [0.1, 0.15) is 18.1 Å². The van der Waals surface area contributed by atoms with Crippen molar-refractivity contribution in [3.63, 3.8) is 0 Å². The molecule has 0 aliphatic rings. The zero-order chi connectivity index (χ0) is 17.8. The van der Waals surface area contributed by atoms with Gasteiger partial charge in [0.2, 0.25) is 0 Å². The number of aliphatic imine (C=N–C) groups is 2. The van der Waals surface area contributed by atoms with Crippen LogP contribution in [-0.4, -0.2) is 46.8 Å². The maximum absolute atomic E-state index is 9.54. The molecular weight excluding hydrogens is 367 g/mol. The molecule has 7 heteroatoms. The van der Waals surface area contributed by atoms with Crippen molar-refractivity contribution in [2.24, 2.45) is 9.98 Å². The van der Waals surface area contributed by atoms with Gasteiger partial charge in [0.15, 0.2) is 0 Å². The van der Waals surface area contributed by atoms with Crippen molar-refractivity contribution in [3.8, 4) is 11.5 Å². The summed E-state index contributed by atoms with van der Waals surface area (Å²) in [4.78, 5) is 17.4. The van der Waals surface area contributed by atoms with Gasteiger partial charge in [-0.2, -0.15) is 0 Å². The Labute approximate surface area is 156 Å². The summed E-state index contributed by atoms with van der Waals surface area (Å²) in [6.07, 6.45) is 3.26. The largest absolute Gasteiger partial charge is 0.507 e. The van der Waals surface area contributed by atoms with E-state index in [4.69, 9.17) is 9.90 Å². The van der Waals surface area contributed by atoms with Gasteiger partial charge in [-0.15, -0.1) is 0 Å². The van der Waals surface area contributed by atoms with Gasteiger partial charge in [-0.25, -0.2) is 0 Å². The zero-order valence-corrected chi connectivity index (χ0v) is 14.7. The Kier molecular flexibility index (Phi) is 11.4. The molecule has 6 nitrogen and oxygen atoms in total. The Morgan fingerprint density at radius 1 is 0.880 bits per heavy atom. The summed E-state index contributed by atoms with van der Waals surface area (Å²) >= 11 is 0. The van der Waals surface area contributed by atoms with Gasteiger partial charge >= 0.3 is 0 Å². The number of hydrogen-bond donors (Lipinski definition) is 3. The van der Waals surface area contributed by atoms with Crippen molar-refractivity contribution in [1.82, 2.24) is 0 Å². The first-order chi connectivity index (χ1) is 11.5. The molecule has 0 saturated carbocycles. The van der Waals surface area contributed by atoms with Crippen molar-refractivity contribution in [3.05, 3.63) is 59.7 Å². The number of carboxylic acids is 1. The quantitative estimate of drug-likeness (QED) is 0.542. The predicted molar refractivity (Wildman–Crippen MR) is 94.4 cm³/mol. The first kappa shape index (κ1) is 22.4. The molecule has 0 bridgehead atoms. The summed E-state index contributed by atoms with van der Waals surface area (Å²) in [5.41, 5.74) is 1.38. The monoisotopic (exact) mass is 387 g/mol. The normalized spacial score (nSPS) is 10.1. The van der Waals surface area contributed by atoms with Crippen LogP contribution in [0.15, 0.2) is 58.5 Å². The van der Waals surface area contributed by atoms with Crippen LogP contribution >= 0.6 is 0 Å². The number of phenols is 2. The minimum atomic E-state index is -0.833. The maximum Gasteiger partial charge on any atom is 0.300 e. The van der Waals surface area contributed by atoms with E-state index in [9.17, 15) is 10.2 Å². The summed E-state index contributed by atoms with van der Waals surface area (Å²) in [6, 6.07) is 14.1. The average molecular weight is 387 g/mol. The van der Waals surface area contributed by atoms with Crippen molar-refractivity contribution in [1.29, 1.82) is 0 Å². The number of benzene rings is 2. The van der Waals surface area contributed by atoms with Gasteiger partial charge in [0.05, 0.1) is 13.1 Å². The molecule has 0 aromatic heterocycles. The molecule has 0 unspecified atom stereocenters. The SMILES string of the molecule is CC(=O)O.Oc1ccccc1C=NCCN=Cc1ccccc1O.[Co]. The molecule has 25 heavy (non-hydrogen) atoms. The van der Waals surface area contributed by atoms with E-state index in [0.717, 1.165) is 6.92 Å². The molecule has 135 valence electrons. The molecule has 0 saturated heterocycles. The molecule has 0 aliphatic carbocycles. The van der Waals surface area contributed by atoms with E-state index in [0.29, 0.717) is 24.2 Å². The molecule has 2 rings (SSSR count). The van der Waals surface area contributed by atoms with Gasteiger partial charge < -0.3 is 15.3 Å².